The fourth-order valence-corrected chi connectivity index (χ4v) is 1.61. The maximum Gasteiger partial charge on any atom is 0.306 e. The molecule has 1 aromatic rings. The van der Waals surface area contributed by atoms with Crippen molar-refractivity contribution >= 4 is 5.97 Å². The molecule has 0 aliphatic rings. The van der Waals surface area contributed by atoms with Gasteiger partial charge in [-0.3, -0.25) is 4.79 Å². The van der Waals surface area contributed by atoms with Gasteiger partial charge in [-0.05, 0) is 31.0 Å². The van der Waals surface area contributed by atoms with Crippen molar-refractivity contribution in [3.05, 3.63) is 23.8 Å². The molecule has 106 valence electrons. The van der Waals surface area contributed by atoms with Crippen LogP contribution in [0.1, 0.15) is 38.4 Å². The molecule has 0 heterocycles. The quantitative estimate of drug-likeness (QED) is 0.757. The Morgan fingerprint density at radius 1 is 1.26 bits per heavy atom. The lowest BCUT2D eigenvalue weighted by Gasteiger charge is -2.15. The summed E-state index contributed by atoms with van der Waals surface area (Å²) in [6.07, 6.45) is -0.493. The molecule has 0 radical (unpaired) electrons. The zero-order valence-corrected chi connectivity index (χ0v) is 11.3. The first-order valence-electron chi connectivity index (χ1n) is 6.37. The van der Waals surface area contributed by atoms with Gasteiger partial charge >= 0.3 is 5.97 Å². The summed E-state index contributed by atoms with van der Waals surface area (Å²) in [4.78, 5) is 10.6. The van der Waals surface area contributed by atoms with Gasteiger partial charge in [0.1, 0.15) is 0 Å². The largest absolute Gasteiger partial charge is 0.490 e. The van der Waals surface area contributed by atoms with E-state index >= 15 is 0 Å². The van der Waals surface area contributed by atoms with E-state index in [1.54, 1.807) is 18.2 Å². The van der Waals surface area contributed by atoms with Crippen LogP contribution in [0.5, 0.6) is 11.5 Å². The van der Waals surface area contributed by atoms with E-state index in [1.165, 1.54) is 0 Å². The van der Waals surface area contributed by atoms with Crippen LogP contribution in [0.15, 0.2) is 18.2 Å². The molecule has 0 saturated heterocycles. The normalized spacial score (nSPS) is 11.9. The van der Waals surface area contributed by atoms with Crippen molar-refractivity contribution in [1.82, 2.24) is 0 Å². The van der Waals surface area contributed by atoms with Crippen LogP contribution < -0.4 is 9.47 Å². The topological polar surface area (TPSA) is 76.0 Å². The van der Waals surface area contributed by atoms with Gasteiger partial charge in [-0.1, -0.05) is 13.0 Å². The Hall–Kier alpha value is -1.75. The van der Waals surface area contributed by atoms with Gasteiger partial charge in [0, 0.05) is 0 Å². The maximum absolute atomic E-state index is 10.6. The van der Waals surface area contributed by atoms with Crippen molar-refractivity contribution in [3.63, 3.8) is 0 Å². The average Bonchev–Trinajstić information content (AvgIpc) is 2.36. The molecule has 1 aromatic carbocycles. The summed E-state index contributed by atoms with van der Waals surface area (Å²) in [6, 6.07) is 4.98. The molecule has 0 saturated carbocycles. The van der Waals surface area contributed by atoms with E-state index in [0.29, 0.717) is 30.3 Å². The van der Waals surface area contributed by atoms with Crippen LogP contribution in [-0.4, -0.2) is 29.4 Å². The predicted octanol–water partition coefficient (Wildman–Crippen LogP) is 2.38. The highest BCUT2D eigenvalue weighted by atomic mass is 16.5. The third-order valence-corrected chi connectivity index (χ3v) is 2.48. The van der Waals surface area contributed by atoms with E-state index in [1.807, 2.05) is 13.8 Å². The Labute approximate surface area is 112 Å². The van der Waals surface area contributed by atoms with E-state index in [2.05, 4.69) is 0 Å². The van der Waals surface area contributed by atoms with E-state index < -0.39 is 12.1 Å². The van der Waals surface area contributed by atoms with Gasteiger partial charge in [0.05, 0.1) is 25.7 Å². The summed E-state index contributed by atoms with van der Waals surface area (Å²) in [6.45, 7) is 4.91. The second-order valence-corrected chi connectivity index (χ2v) is 4.10. The van der Waals surface area contributed by atoms with Crippen LogP contribution >= 0.6 is 0 Å². The minimum absolute atomic E-state index is 0.333. The van der Waals surface area contributed by atoms with Crippen LogP contribution in [0.25, 0.3) is 0 Å². The highest BCUT2D eigenvalue weighted by Gasteiger charge is 2.15. The molecule has 0 amide bonds. The number of carboxylic acid groups (broad SMARTS) is 1. The smallest absolute Gasteiger partial charge is 0.306 e. The number of hydrogen-bond acceptors (Lipinski definition) is 4. The van der Waals surface area contributed by atoms with E-state index in [9.17, 15) is 9.90 Å². The first-order valence-corrected chi connectivity index (χ1v) is 6.37. The Kier molecular flexibility index (Phi) is 6.15. The number of rotatable bonds is 8. The first kappa shape index (κ1) is 15.3. The molecule has 1 atom stereocenters. The molecular weight excluding hydrogens is 248 g/mol. The number of aliphatic hydroxyl groups is 1. The Morgan fingerprint density at radius 2 is 2.00 bits per heavy atom. The SMILES string of the molecule is CCCOc1ccc(C(O)CC(=O)O)cc1OCC. The molecule has 0 bridgehead atoms. The average molecular weight is 268 g/mol. The molecule has 0 aromatic heterocycles. The second kappa shape index (κ2) is 7.63. The summed E-state index contributed by atoms with van der Waals surface area (Å²) in [5.41, 5.74) is 0.509. The Morgan fingerprint density at radius 3 is 2.58 bits per heavy atom. The summed E-state index contributed by atoms with van der Waals surface area (Å²) < 4.78 is 11.0. The van der Waals surface area contributed by atoms with Crippen LogP contribution in [0.4, 0.5) is 0 Å². The zero-order valence-electron chi connectivity index (χ0n) is 11.3. The van der Waals surface area contributed by atoms with Crippen molar-refractivity contribution in [3.8, 4) is 11.5 Å². The highest BCUT2D eigenvalue weighted by molar-refractivity contribution is 5.67. The minimum atomic E-state index is -1.04. The molecule has 19 heavy (non-hydrogen) atoms. The Bertz CT molecular complexity index is 416. The number of ether oxygens (including phenoxy) is 2. The lowest BCUT2D eigenvalue weighted by molar-refractivity contribution is -0.139. The van der Waals surface area contributed by atoms with Gasteiger partial charge in [-0.2, -0.15) is 0 Å². The number of benzene rings is 1. The lowest BCUT2D eigenvalue weighted by atomic mass is 10.1. The fraction of sp³-hybridized carbons (Fsp3) is 0.500. The first-order chi connectivity index (χ1) is 9.08. The number of hydrogen-bond donors (Lipinski definition) is 2. The van der Waals surface area contributed by atoms with Gasteiger partial charge in [0.25, 0.3) is 0 Å². The standard InChI is InChI=1S/C14H20O5/c1-3-7-19-12-6-5-10(8-13(12)18-4-2)11(15)9-14(16)17/h5-6,8,11,15H,3-4,7,9H2,1-2H3,(H,16,17). The van der Waals surface area contributed by atoms with Crippen molar-refractivity contribution < 1.29 is 24.5 Å². The minimum Gasteiger partial charge on any atom is -0.490 e. The zero-order chi connectivity index (χ0) is 14.3. The number of aliphatic carboxylic acids is 1. The van der Waals surface area contributed by atoms with Crippen molar-refractivity contribution in [2.75, 3.05) is 13.2 Å². The van der Waals surface area contributed by atoms with Gasteiger partial charge in [-0.15, -0.1) is 0 Å². The summed E-state index contributed by atoms with van der Waals surface area (Å²) in [5.74, 6) is 0.0876. The van der Waals surface area contributed by atoms with Crippen LogP contribution in [0.3, 0.4) is 0 Å². The monoisotopic (exact) mass is 268 g/mol. The maximum atomic E-state index is 10.6. The molecule has 0 aliphatic carbocycles. The molecule has 0 spiro atoms. The van der Waals surface area contributed by atoms with Gasteiger partial charge in [0.2, 0.25) is 0 Å². The number of carbonyl (C=O) groups is 1. The molecule has 0 fully saturated rings. The highest BCUT2D eigenvalue weighted by Crippen LogP contribution is 2.31. The number of aliphatic hydroxyl groups excluding tert-OH is 1. The predicted molar refractivity (Wildman–Crippen MR) is 70.6 cm³/mol. The van der Waals surface area contributed by atoms with E-state index in [-0.39, 0.29) is 6.42 Å². The van der Waals surface area contributed by atoms with Crippen LogP contribution in [-0.2, 0) is 4.79 Å². The van der Waals surface area contributed by atoms with E-state index in [0.717, 1.165) is 6.42 Å². The molecule has 5 nitrogen and oxygen atoms in total. The van der Waals surface area contributed by atoms with Gasteiger partial charge in [0.15, 0.2) is 11.5 Å². The summed E-state index contributed by atoms with van der Waals surface area (Å²) in [7, 11) is 0. The van der Waals surface area contributed by atoms with Gasteiger partial charge in [-0.25, -0.2) is 0 Å². The van der Waals surface area contributed by atoms with Crippen LogP contribution in [0, 0.1) is 0 Å². The molecular formula is C14H20O5. The lowest BCUT2D eigenvalue weighted by Crippen LogP contribution is -2.06. The molecule has 5 heteroatoms. The van der Waals surface area contributed by atoms with E-state index in [4.69, 9.17) is 14.6 Å². The molecule has 1 unspecified atom stereocenters. The fourth-order valence-electron chi connectivity index (χ4n) is 1.61. The van der Waals surface area contributed by atoms with Crippen molar-refractivity contribution in [2.45, 2.75) is 32.8 Å². The van der Waals surface area contributed by atoms with Crippen molar-refractivity contribution in [1.29, 1.82) is 0 Å². The third-order valence-electron chi connectivity index (χ3n) is 2.48. The van der Waals surface area contributed by atoms with Gasteiger partial charge < -0.3 is 19.7 Å². The molecule has 1 rings (SSSR count). The second-order valence-electron chi connectivity index (χ2n) is 4.10. The summed E-state index contributed by atoms with van der Waals surface area (Å²) in [5, 5.41) is 18.4. The molecule has 0 aliphatic heterocycles. The molecule has 2 N–H and O–H groups in total. The summed E-state index contributed by atoms with van der Waals surface area (Å²) >= 11 is 0. The third kappa shape index (κ3) is 4.79. The number of carboxylic acids is 1. The van der Waals surface area contributed by atoms with Crippen LogP contribution in [0.2, 0.25) is 0 Å². The Balaban J connectivity index is 2.90. The van der Waals surface area contributed by atoms with Crippen molar-refractivity contribution in [2.24, 2.45) is 0 Å².